The van der Waals surface area contributed by atoms with Gasteiger partial charge in [-0.05, 0) is 13.0 Å². The second-order valence-electron chi connectivity index (χ2n) is 3.89. The third-order valence-corrected chi connectivity index (χ3v) is 5.47. The zero-order valence-corrected chi connectivity index (χ0v) is 12.9. The van der Waals surface area contributed by atoms with E-state index in [9.17, 15) is 0 Å². The normalized spacial score (nSPS) is 14.2. The molecule has 5 N–H and O–H groups in total. The lowest BCUT2D eigenvalue weighted by molar-refractivity contribution is 0.0418. The van der Waals surface area contributed by atoms with Crippen LogP contribution in [0.15, 0.2) is 0 Å². The molecular weight excluding hydrogens is 252 g/mol. The number of nitrogens with zero attached hydrogens (tertiary/aromatic N) is 1. The van der Waals surface area contributed by atoms with Gasteiger partial charge in [0, 0.05) is 41.0 Å². The molecule has 0 radical (unpaired) electrons. The molecule has 0 amide bonds. The molecule has 0 aromatic heterocycles. The summed E-state index contributed by atoms with van der Waals surface area (Å²) in [6.45, 7) is 4.76. The highest BCUT2D eigenvalue weighted by Gasteiger charge is 2.48. The van der Waals surface area contributed by atoms with Crippen molar-refractivity contribution in [3.05, 3.63) is 0 Å². The van der Waals surface area contributed by atoms with Crippen LogP contribution in [0.4, 0.5) is 0 Å². The van der Waals surface area contributed by atoms with E-state index in [1.165, 1.54) is 0 Å². The molecule has 0 rings (SSSR count). The standard InChI is InChI=1S/C10H28N4O3Si/c1-5-8-14(10(12)9-13-7-6-11)18(15-2,16-3)17-4/h10,13H,5-9,11-12H2,1-4H3. The van der Waals surface area contributed by atoms with E-state index in [4.69, 9.17) is 24.7 Å². The Hall–Kier alpha value is -0.0631. The van der Waals surface area contributed by atoms with Crippen LogP contribution in [0.3, 0.4) is 0 Å². The van der Waals surface area contributed by atoms with Crippen molar-refractivity contribution in [3.8, 4) is 0 Å². The molecule has 1 atom stereocenters. The average molecular weight is 280 g/mol. The topological polar surface area (TPSA) is 95.0 Å². The van der Waals surface area contributed by atoms with Crippen LogP contribution >= 0.6 is 0 Å². The first-order chi connectivity index (χ1) is 8.61. The first-order valence-corrected chi connectivity index (χ1v) is 7.87. The van der Waals surface area contributed by atoms with E-state index in [1.807, 2.05) is 4.57 Å². The first kappa shape index (κ1) is 17.9. The van der Waals surface area contributed by atoms with Gasteiger partial charge in [0.2, 0.25) is 0 Å². The largest absolute Gasteiger partial charge is 0.600 e. The Balaban J connectivity index is 4.68. The maximum atomic E-state index is 6.17. The minimum Gasteiger partial charge on any atom is -0.364 e. The molecule has 0 bridgehead atoms. The minimum atomic E-state index is -2.85. The lowest BCUT2D eigenvalue weighted by atomic mass is 10.4. The molecule has 0 aromatic carbocycles. The maximum Gasteiger partial charge on any atom is 0.600 e. The van der Waals surface area contributed by atoms with Crippen molar-refractivity contribution in [1.82, 2.24) is 9.88 Å². The predicted octanol–water partition coefficient (Wildman–Crippen LogP) is -1.09. The van der Waals surface area contributed by atoms with Crippen molar-refractivity contribution < 1.29 is 13.3 Å². The van der Waals surface area contributed by atoms with Gasteiger partial charge in [0.05, 0.1) is 6.17 Å². The summed E-state index contributed by atoms with van der Waals surface area (Å²) in [6, 6.07) is 0. The Bertz CT molecular complexity index is 199. The molecule has 0 saturated carbocycles. The predicted molar refractivity (Wildman–Crippen MR) is 73.7 cm³/mol. The van der Waals surface area contributed by atoms with E-state index in [-0.39, 0.29) is 6.17 Å². The van der Waals surface area contributed by atoms with Gasteiger partial charge in [0.25, 0.3) is 0 Å². The number of rotatable bonds is 11. The van der Waals surface area contributed by atoms with E-state index in [0.29, 0.717) is 13.1 Å². The smallest absolute Gasteiger partial charge is 0.364 e. The third-order valence-electron chi connectivity index (χ3n) is 2.67. The van der Waals surface area contributed by atoms with Gasteiger partial charge >= 0.3 is 8.97 Å². The second-order valence-corrected chi connectivity index (χ2v) is 6.74. The molecule has 0 spiro atoms. The summed E-state index contributed by atoms with van der Waals surface area (Å²) in [6.07, 6.45) is 0.707. The van der Waals surface area contributed by atoms with Crippen molar-refractivity contribution in [2.75, 3.05) is 47.5 Å². The summed E-state index contributed by atoms with van der Waals surface area (Å²) in [5.74, 6) is 0. The van der Waals surface area contributed by atoms with Gasteiger partial charge in [-0.3, -0.25) is 0 Å². The van der Waals surface area contributed by atoms with Gasteiger partial charge in [0.15, 0.2) is 0 Å². The van der Waals surface area contributed by atoms with E-state index in [2.05, 4.69) is 12.2 Å². The molecule has 110 valence electrons. The van der Waals surface area contributed by atoms with Crippen LogP contribution < -0.4 is 16.8 Å². The van der Waals surface area contributed by atoms with E-state index >= 15 is 0 Å². The summed E-state index contributed by atoms with van der Waals surface area (Å²) >= 11 is 0. The number of nitrogens with two attached hydrogens (primary N) is 2. The van der Waals surface area contributed by atoms with Gasteiger partial charge in [-0.2, -0.15) is 0 Å². The van der Waals surface area contributed by atoms with Crippen molar-refractivity contribution in [2.24, 2.45) is 11.5 Å². The Labute approximate surface area is 111 Å². The molecule has 1 unspecified atom stereocenters. The van der Waals surface area contributed by atoms with Crippen molar-refractivity contribution >= 4 is 8.97 Å². The molecule has 0 saturated heterocycles. The van der Waals surface area contributed by atoms with Gasteiger partial charge in [0.1, 0.15) is 0 Å². The zero-order valence-electron chi connectivity index (χ0n) is 11.9. The summed E-state index contributed by atoms with van der Waals surface area (Å²) < 4.78 is 18.4. The molecule has 0 heterocycles. The maximum absolute atomic E-state index is 6.17. The van der Waals surface area contributed by atoms with Gasteiger partial charge in [-0.25, -0.2) is 4.57 Å². The Kier molecular flexibility index (Phi) is 9.78. The lowest BCUT2D eigenvalue weighted by Gasteiger charge is -2.38. The molecule has 8 heteroatoms. The Morgan fingerprint density at radius 3 is 2.17 bits per heavy atom. The quantitative estimate of drug-likeness (QED) is 0.251. The fourth-order valence-corrected chi connectivity index (χ4v) is 4.01. The van der Waals surface area contributed by atoms with Crippen LogP contribution in [0, 0.1) is 0 Å². The molecular formula is C10H28N4O3Si. The number of nitrogens with one attached hydrogen (secondary N) is 1. The van der Waals surface area contributed by atoms with Gasteiger partial charge in [-0.15, -0.1) is 0 Å². The monoisotopic (exact) mass is 280 g/mol. The highest BCUT2D eigenvalue weighted by molar-refractivity contribution is 6.57. The number of hydrogen-bond donors (Lipinski definition) is 3. The van der Waals surface area contributed by atoms with Gasteiger partial charge in [-0.1, -0.05) is 6.92 Å². The molecule has 0 aliphatic rings. The van der Waals surface area contributed by atoms with Crippen LogP contribution in [0.1, 0.15) is 13.3 Å². The van der Waals surface area contributed by atoms with Crippen LogP contribution in [0.5, 0.6) is 0 Å². The summed E-state index contributed by atoms with van der Waals surface area (Å²) in [7, 11) is 1.90. The number of hydrogen-bond acceptors (Lipinski definition) is 7. The van der Waals surface area contributed by atoms with Crippen molar-refractivity contribution in [1.29, 1.82) is 0 Å². The SMILES string of the molecule is CCCN(C(N)CNCCN)[Si](OC)(OC)OC. The average Bonchev–Trinajstić information content (AvgIpc) is 2.40. The minimum absolute atomic E-state index is 0.233. The van der Waals surface area contributed by atoms with Gasteiger partial charge < -0.3 is 30.1 Å². The second kappa shape index (κ2) is 9.81. The van der Waals surface area contributed by atoms with E-state index in [0.717, 1.165) is 19.5 Å². The van der Waals surface area contributed by atoms with Crippen molar-refractivity contribution in [2.45, 2.75) is 19.5 Å². The van der Waals surface area contributed by atoms with E-state index < -0.39 is 8.97 Å². The van der Waals surface area contributed by atoms with Crippen LogP contribution in [-0.2, 0) is 13.3 Å². The summed E-state index contributed by atoms with van der Waals surface area (Å²) in [4.78, 5) is 0. The highest BCUT2D eigenvalue weighted by Crippen LogP contribution is 2.15. The first-order valence-electron chi connectivity index (χ1n) is 6.20. The third kappa shape index (κ3) is 4.90. The molecule has 18 heavy (non-hydrogen) atoms. The molecule has 0 aliphatic carbocycles. The molecule has 0 aliphatic heterocycles. The molecule has 7 nitrogen and oxygen atoms in total. The summed E-state index contributed by atoms with van der Waals surface area (Å²) in [5, 5.41) is 3.18. The van der Waals surface area contributed by atoms with Crippen LogP contribution in [0.2, 0.25) is 0 Å². The fourth-order valence-electron chi connectivity index (χ4n) is 1.81. The lowest BCUT2D eigenvalue weighted by Crippen LogP contribution is -2.67. The van der Waals surface area contributed by atoms with E-state index in [1.54, 1.807) is 21.3 Å². The highest BCUT2D eigenvalue weighted by atomic mass is 28.4. The molecule has 0 fully saturated rings. The Morgan fingerprint density at radius 1 is 1.22 bits per heavy atom. The van der Waals surface area contributed by atoms with Crippen molar-refractivity contribution in [3.63, 3.8) is 0 Å². The summed E-state index contributed by atoms with van der Waals surface area (Å²) in [5.41, 5.74) is 11.6. The van der Waals surface area contributed by atoms with Crippen LogP contribution in [-0.4, -0.2) is 67.2 Å². The van der Waals surface area contributed by atoms with Crippen LogP contribution in [0.25, 0.3) is 0 Å². The zero-order chi connectivity index (χ0) is 14.0. The fraction of sp³-hybridized carbons (Fsp3) is 1.00. The molecule has 0 aromatic rings. The Morgan fingerprint density at radius 2 is 1.78 bits per heavy atom.